The lowest BCUT2D eigenvalue weighted by atomic mass is 10.1. The van der Waals surface area contributed by atoms with Gasteiger partial charge in [0.1, 0.15) is 12.0 Å². The number of sulfonamides is 1. The summed E-state index contributed by atoms with van der Waals surface area (Å²) >= 11 is 1.35. The van der Waals surface area contributed by atoms with Crippen LogP contribution in [0.25, 0.3) is 0 Å². The van der Waals surface area contributed by atoms with E-state index in [1.807, 2.05) is 24.9 Å². The lowest BCUT2D eigenvalue weighted by molar-refractivity contribution is -0.655. The predicted molar refractivity (Wildman–Crippen MR) is 151 cm³/mol. The Hall–Kier alpha value is -2.38. The van der Waals surface area contributed by atoms with Gasteiger partial charge in [0.25, 0.3) is 10.0 Å². The average molecular weight is 577 g/mol. The van der Waals surface area contributed by atoms with Gasteiger partial charge in [-0.2, -0.15) is 4.31 Å². The highest BCUT2D eigenvalue weighted by Crippen LogP contribution is 2.28. The van der Waals surface area contributed by atoms with Gasteiger partial charge in [0.05, 0.1) is 38.7 Å². The summed E-state index contributed by atoms with van der Waals surface area (Å²) in [5.74, 6) is -0.248. The van der Waals surface area contributed by atoms with Crippen LogP contribution in [0, 0.1) is 5.82 Å². The zero-order valence-electron chi connectivity index (χ0n) is 23.0. The number of thiazole rings is 1. The number of nitrogens with zero attached hydrogens (tertiary/aromatic N) is 7. The van der Waals surface area contributed by atoms with Crippen molar-refractivity contribution in [2.45, 2.75) is 36.6 Å². The third-order valence-electron chi connectivity index (χ3n) is 7.90. The summed E-state index contributed by atoms with van der Waals surface area (Å²) in [6, 6.07) is 6.58. The number of likely N-dealkylation sites (N-methyl/N-ethyl adjacent to an activating group) is 1. The van der Waals surface area contributed by atoms with Gasteiger partial charge in [0, 0.05) is 45.5 Å². The molecule has 2 saturated heterocycles. The maximum atomic E-state index is 13.5. The van der Waals surface area contributed by atoms with E-state index in [9.17, 15) is 12.8 Å². The highest BCUT2D eigenvalue weighted by Gasteiger charge is 2.33. The molecule has 1 unspecified atom stereocenters. The molecule has 2 aromatic heterocycles. The molecule has 212 valence electrons. The summed E-state index contributed by atoms with van der Waals surface area (Å²) in [6.45, 7) is 9.14. The quantitative estimate of drug-likeness (QED) is 0.346. The molecule has 2 aliphatic rings. The monoisotopic (exact) mass is 576 g/mol. The van der Waals surface area contributed by atoms with Crippen LogP contribution in [0.5, 0.6) is 0 Å². The highest BCUT2D eigenvalue weighted by atomic mass is 32.2. The van der Waals surface area contributed by atoms with Gasteiger partial charge in [0.15, 0.2) is 4.21 Å². The number of aromatic nitrogens is 3. The number of imidazole rings is 1. The van der Waals surface area contributed by atoms with Gasteiger partial charge >= 0.3 is 5.13 Å². The Morgan fingerprint density at radius 3 is 2.46 bits per heavy atom. The Balaban J connectivity index is 1.18. The lowest BCUT2D eigenvalue weighted by Crippen LogP contribution is -2.48. The Kier molecular flexibility index (Phi) is 8.67. The number of hydrogen-bond donors (Lipinski definition) is 0. The number of halogens is 1. The van der Waals surface area contributed by atoms with Gasteiger partial charge in [-0.05, 0) is 61.9 Å². The number of hydrogen-bond acceptors (Lipinski definition) is 7. The first kappa shape index (κ1) is 28.2. The van der Waals surface area contributed by atoms with Crippen LogP contribution in [-0.2, 0) is 23.6 Å². The first-order chi connectivity index (χ1) is 18.7. The fourth-order valence-corrected chi connectivity index (χ4v) is 8.44. The molecule has 2 aliphatic heterocycles. The van der Waals surface area contributed by atoms with Gasteiger partial charge < -0.3 is 4.57 Å². The number of benzene rings is 1. The predicted octanol–water partition coefficient (Wildman–Crippen LogP) is 2.56. The molecule has 4 heterocycles. The summed E-state index contributed by atoms with van der Waals surface area (Å²) in [5, 5.41) is 0.954. The SMILES string of the molecule is CC(c1ccc(F)cc1)n1cncc1CN1CCN(S(=O)(=O)c2c[n+](C)c(N(C)CCN3CCCC3)s2)CC1. The second kappa shape index (κ2) is 12.0. The van der Waals surface area contributed by atoms with E-state index in [4.69, 9.17) is 0 Å². The molecule has 3 aromatic rings. The minimum Gasteiger partial charge on any atom is -0.326 e. The standard InChI is InChI=1S/C27H39FN7O2S2/c1-22(23-6-8-24(28)9-7-23)35-21-29-18-25(35)19-33-14-16-34(17-15-33)39(36,37)26-20-31(3)27(38-26)30(2)12-13-32-10-4-5-11-32/h6-9,18,20-22H,4-5,10-17,19H2,1-3H3/q+1. The first-order valence-electron chi connectivity index (χ1n) is 13.6. The molecule has 0 aliphatic carbocycles. The zero-order chi connectivity index (χ0) is 27.6. The Labute approximate surface area is 235 Å². The Morgan fingerprint density at radius 2 is 1.77 bits per heavy atom. The summed E-state index contributed by atoms with van der Waals surface area (Å²) in [7, 11) is 0.407. The van der Waals surface area contributed by atoms with Gasteiger partial charge in [-0.3, -0.25) is 14.7 Å². The smallest absolute Gasteiger partial charge is 0.326 e. The normalized spacial score (nSPS) is 18.6. The van der Waals surface area contributed by atoms with Crippen LogP contribution in [0.3, 0.4) is 0 Å². The molecule has 5 rings (SSSR count). The van der Waals surface area contributed by atoms with Crippen molar-refractivity contribution in [3.8, 4) is 0 Å². The van der Waals surface area contributed by atoms with E-state index in [-0.39, 0.29) is 11.9 Å². The molecule has 0 amide bonds. The second-order valence-corrected chi connectivity index (χ2v) is 13.8. The van der Waals surface area contributed by atoms with Gasteiger partial charge in [-0.25, -0.2) is 22.4 Å². The van der Waals surface area contributed by atoms with E-state index < -0.39 is 10.0 Å². The summed E-state index contributed by atoms with van der Waals surface area (Å²) in [4.78, 5) is 11.3. The fourth-order valence-electron chi connectivity index (χ4n) is 5.45. The molecular formula is C27H39FN7O2S2+. The number of likely N-dealkylation sites (tertiary alicyclic amines) is 1. The maximum absolute atomic E-state index is 13.5. The average Bonchev–Trinajstić information content (AvgIpc) is 3.69. The van der Waals surface area contributed by atoms with Crippen LogP contribution >= 0.6 is 11.3 Å². The third-order valence-corrected chi connectivity index (χ3v) is 11.5. The van der Waals surface area contributed by atoms with E-state index in [2.05, 4.69) is 31.2 Å². The molecular weight excluding hydrogens is 537 g/mol. The van der Waals surface area contributed by atoms with Crippen molar-refractivity contribution < 1.29 is 17.4 Å². The van der Waals surface area contributed by atoms with Crippen molar-refractivity contribution >= 4 is 26.5 Å². The third kappa shape index (κ3) is 6.35. The van der Waals surface area contributed by atoms with Gasteiger partial charge in [0.2, 0.25) is 0 Å². The van der Waals surface area contributed by atoms with Crippen LogP contribution in [0.4, 0.5) is 9.52 Å². The molecule has 0 saturated carbocycles. The second-order valence-electron chi connectivity index (χ2n) is 10.6. The molecule has 39 heavy (non-hydrogen) atoms. The number of aryl methyl sites for hydroxylation is 1. The molecule has 2 fully saturated rings. The van der Waals surface area contributed by atoms with Crippen LogP contribution < -0.4 is 9.47 Å². The molecule has 12 heteroatoms. The number of piperazine rings is 1. The van der Waals surface area contributed by atoms with E-state index in [0.29, 0.717) is 36.9 Å². The van der Waals surface area contributed by atoms with E-state index >= 15 is 0 Å². The van der Waals surface area contributed by atoms with Crippen molar-refractivity contribution in [2.75, 3.05) is 64.3 Å². The van der Waals surface area contributed by atoms with Crippen molar-refractivity contribution in [3.63, 3.8) is 0 Å². The maximum Gasteiger partial charge on any atom is 0.336 e. The minimum atomic E-state index is -3.56. The van der Waals surface area contributed by atoms with E-state index in [1.54, 1.807) is 29.0 Å². The summed E-state index contributed by atoms with van der Waals surface area (Å²) in [5.41, 5.74) is 2.06. The van der Waals surface area contributed by atoms with Crippen LogP contribution in [0.2, 0.25) is 0 Å². The van der Waals surface area contributed by atoms with Crippen molar-refractivity contribution in [1.29, 1.82) is 0 Å². The number of rotatable bonds is 10. The minimum absolute atomic E-state index is 0.0204. The van der Waals surface area contributed by atoms with Crippen LogP contribution in [-0.4, -0.2) is 91.5 Å². The fraction of sp³-hybridized carbons (Fsp3) is 0.556. The Bertz CT molecular complexity index is 1340. The van der Waals surface area contributed by atoms with Crippen LogP contribution in [0.15, 0.2) is 47.2 Å². The molecule has 0 N–H and O–H groups in total. The summed E-state index contributed by atoms with van der Waals surface area (Å²) in [6.07, 6.45) is 7.95. The molecule has 0 radical (unpaired) electrons. The molecule has 1 atom stereocenters. The number of anilines is 1. The Morgan fingerprint density at radius 1 is 1.08 bits per heavy atom. The molecule has 9 nitrogen and oxygen atoms in total. The largest absolute Gasteiger partial charge is 0.336 e. The van der Waals surface area contributed by atoms with Gasteiger partial charge in [-0.1, -0.05) is 12.1 Å². The van der Waals surface area contributed by atoms with Crippen molar-refractivity contribution in [3.05, 3.63) is 60.1 Å². The van der Waals surface area contributed by atoms with E-state index in [0.717, 1.165) is 42.6 Å². The molecule has 0 spiro atoms. The van der Waals surface area contributed by atoms with Gasteiger partial charge in [-0.15, -0.1) is 0 Å². The zero-order valence-corrected chi connectivity index (χ0v) is 24.7. The van der Waals surface area contributed by atoms with Crippen molar-refractivity contribution in [2.24, 2.45) is 7.05 Å². The van der Waals surface area contributed by atoms with E-state index in [1.165, 1.54) is 36.3 Å². The van der Waals surface area contributed by atoms with Crippen LogP contribution in [0.1, 0.15) is 37.1 Å². The molecule has 0 bridgehead atoms. The van der Waals surface area contributed by atoms with Crippen molar-refractivity contribution in [1.82, 2.24) is 23.7 Å². The lowest BCUT2D eigenvalue weighted by Gasteiger charge is -2.33. The topological polar surface area (TPSA) is 68.8 Å². The highest BCUT2D eigenvalue weighted by molar-refractivity contribution is 7.91. The summed E-state index contributed by atoms with van der Waals surface area (Å²) < 4.78 is 46.5. The first-order valence-corrected chi connectivity index (χ1v) is 15.9. The molecule has 1 aromatic carbocycles.